The molecule has 2 aromatic rings. The van der Waals surface area contributed by atoms with E-state index >= 15 is 0 Å². The second kappa shape index (κ2) is 11.9. The molecule has 9 heteroatoms. The third-order valence-corrected chi connectivity index (χ3v) is 6.36. The largest absolute Gasteiger partial charge is 0.462 e. The molecule has 31 heavy (non-hydrogen) atoms. The van der Waals surface area contributed by atoms with Crippen LogP contribution in [0.3, 0.4) is 0 Å². The lowest BCUT2D eigenvalue weighted by molar-refractivity contribution is -0.119. The van der Waals surface area contributed by atoms with Crippen molar-refractivity contribution in [3.05, 3.63) is 40.3 Å². The Morgan fingerprint density at radius 2 is 1.74 bits per heavy atom. The average Bonchev–Trinajstić information content (AvgIpc) is 3.02. The molecular weight excluding hydrogens is 434 g/mol. The molecule has 2 amide bonds. The molecule has 0 spiro atoms. The van der Waals surface area contributed by atoms with Crippen LogP contribution in [0.2, 0.25) is 0 Å². The quantitative estimate of drug-likeness (QED) is 0.409. The third-order valence-electron chi connectivity index (χ3n) is 4.50. The highest BCUT2D eigenvalue weighted by molar-refractivity contribution is 7.98. The fourth-order valence-electron chi connectivity index (χ4n) is 3.16. The van der Waals surface area contributed by atoms with Crippen LogP contribution in [0.25, 0.3) is 0 Å². The molecule has 0 radical (unpaired) electrons. The molecule has 0 aliphatic heterocycles. The van der Waals surface area contributed by atoms with E-state index in [1.165, 1.54) is 11.3 Å². The van der Waals surface area contributed by atoms with Crippen molar-refractivity contribution in [2.75, 3.05) is 43.6 Å². The van der Waals surface area contributed by atoms with Crippen molar-refractivity contribution in [1.82, 2.24) is 4.90 Å². The molecular formula is C22H29N3O4S2. The van der Waals surface area contributed by atoms with E-state index in [0.29, 0.717) is 17.0 Å². The Morgan fingerprint density at radius 1 is 1.10 bits per heavy atom. The number of rotatable bonds is 10. The van der Waals surface area contributed by atoms with Gasteiger partial charge in [0.05, 0.1) is 30.9 Å². The highest BCUT2D eigenvalue weighted by atomic mass is 32.2. The Kier molecular flexibility index (Phi) is 9.54. The maximum absolute atomic E-state index is 12.6. The van der Waals surface area contributed by atoms with Crippen molar-refractivity contribution in [3.63, 3.8) is 0 Å². The molecule has 0 saturated carbocycles. The third kappa shape index (κ3) is 6.81. The molecule has 1 aromatic carbocycles. The van der Waals surface area contributed by atoms with Gasteiger partial charge in [0.2, 0.25) is 11.8 Å². The lowest BCUT2D eigenvalue weighted by Gasteiger charge is -2.17. The van der Waals surface area contributed by atoms with Gasteiger partial charge in [-0.3, -0.25) is 14.5 Å². The number of carbonyl (C=O) groups excluding carboxylic acids is 3. The van der Waals surface area contributed by atoms with Crippen molar-refractivity contribution in [3.8, 4) is 0 Å². The van der Waals surface area contributed by atoms with Crippen LogP contribution in [0.4, 0.5) is 10.7 Å². The molecule has 2 N–H and O–H groups in total. The number of nitrogens with one attached hydrogen (secondary N) is 2. The van der Waals surface area contributed by atoms with Crippen LogP contribution in [-0.2, 0) is 20.7 Å². The number of thioether (sulfide) groups is 1. The number of esters is 1. The number of ether oxygens (including phenoxy) is 1. The Labute approximate surface area is 191 Å². The van der Waals surface area contributed by atoms with E-state index in [1.807, 2.05) is 44.4 Å². The van der Waals surface area contributed by atoms with Crippen molar-refractivity contribution in [1.29, 1.82) is 0 Å². The fourth-order valence-corrected chi connectivity index (χ4v) is 4.86. The molecule has 0 saturated heterocycles. The van der Waals surface area contributed by atoms with Gasteiger partial charge in [0.1, 0.15) is 5.00 Å². The summed E-state index contributed by atoms with van der Waals surface area (Å²) < 4.78 is 5.17. The number of nitrogens with zero attached hydrogens (tertiary/aromatic N) is 1. The van der Waals surface area contributed by atoms with E-state index in [0.717, 1.165) is 21.0 Å². The molecule has 0 bridgehead atoms. The number of para-hydroxylation sites is 1. The molecule has 7 nitrogen and oxygen atoms in total. The molecule has 168 valence electrons. The Bertz CT molecular complexity index is 943. The molecule has 0 unspecified atom stereocenters. The van der Waals surface area contributed by atoms with E-state index in [-0.39, 0.29) is 31.5 Å². The minimum atomic E-state index is -0.431. The van der Waals surface area contributed by atoms with Crippen LogP contribution in [0.15, 0.2) is 29.2 Å². The number of likely N-dealkylation sites (N-methyl/N-ethyl adjacent to an activating group) is 1. The smallest absolute Gasteiger partial charge is 0.341 e. The van der Waals surface area contributed by atoms with Crippen LogP contribution in [0.5, 0.6) is 0 Å². The lowest BCUT2D eigenvalue weighted by Crippen LogP contribution is -2.36. The second-order valence-electron chi connectivity index (χ2n) is 6.88. The van der Waals surface area contributed by atoms with Gasteiger partial charge >= 0.3 is 5.97 Å². The zero-order valence-electron chi connectivity index (χ0n) is 18.5. The number of hydrogen-bond acceptors (Lipinski definition) is 7. The van der Waals surface area contributed by atoms with Gasteiger partial charge in [-0.1, -0.05) is 19.1 Å². The Morgan fingerprint density at radius 3 is 2.35 bits per heavy atom. The lowest BCUT2D eigenvalue weighted by atomic mass is 10.1. The van der Waals surface area contributed by atoms with Crippen LogP contribution < -0.4 is 10.6 Å². The summed E-state index contributed by atoms with van der Waals surface area (Å²) >= 11 is 2.91. The fraction of sp³-hybridized carbons (Fsp3) is 0.409. The monoisotopic (exact) mass is 463 g/mol. The van der Waals surface area contributed by atoms with Gasteiger partial charge in [0, 0.05) is 9.77 Å². The van der Waals surface area contributed by atoms with Crippen molar-refractivity contribution >= 4 is 51.6 Å². The SMILES string of the molecule is CCOC(=O)c1c(NC(=O)CN(C)CC(=O)Nc2ccccc2SC)sc(C)c1CC. The number of aryl methyl sites for hydroxylation is 1. The predicted octanol–water partition coefficient (Wildman–Crippen LogP) is 4.03. The summed E-state index contributed by atoms with van der Waals surface area (Å²) in [5.74, 6) is -0.933. The maximum atomic E-state index is 12.6. The number of carbonyl (C=O) groups is 3. The number of benzene rings is 1. The summed E-state index contributed by atoms with van der Waals surface area (Å²) in [5, 5.41) is 6.19. The first-order valence-electron chi connectivity index (χ1n) is 10.0. The summed E-state index contributed by atoms with van der Waals surface area (Å²) in [7, 11) is 1.70. The summed E-state index contributed by atoms with van der Waals surface area (Å²) in [6, 6.07) is 7.56. The van der Waals surface area contributed by atoms with E-state index in [2.05, 4.69) is 10.6 Å². The zero-order valence-corrected chi connectivity index (χ0v) is 20.2. The van der Waals surface area contributed by atoms with Gasteiger partial charge in [-0.25, -0.2) is 4.79 Å². The van der Waals surface area contributed by atoms with Gasteiger partial charge in [0.15, 0.2) is 0 Å². The molecule has 1 heterocycles. The minimum Gasteiger partial charge on any atom is -0.462 e. The molecule has 0 aliphatic carbocycles. The molecule has 0 atom stereocenters. The van der Waals surface area contributed by atoms with Crippen LogP contribution in [0, 0.1) is 6.92 Å². The maximum Gasteiger partial charge on any atom is 0.341 e. The van der Waals surface area contributed by atoms with Gasteiger partial charge in [-0.15, -0.1) is 23.1 Å². The van der Waals surface area contributed by atoms with Crippen LogP contribution in [-0.4, -0.2) is 55.7 Å². The van der Waals surface area contributed by atoms with Crippen molar-refractivity contribution in [2.45, 2.75) is 32.1 Å². The number of thiophene rings is 1. The van der Waals surface area contributed by atoms with E-state index in [4.69, 9.17) is 4.74 Å². The highest BCUT2D eigenvalue weighted by Gasteiger charge is 2.24. The van der Waals surface area contributed by atoms with Crippen molar-refractivity contribution < 1.29 is 19.1 Å². The normalized spacial score (nSPS) is 10.8. The minimum absolute atomic E-state index is 0.0122. The standard InChI is InChI=1S/C22H29N3O4S2/c1-6-15-14(3)31-21(20(15)22(28)29-7-2)24-19(27)13-25(4)12-18(26)23-16-10-8-9-11-17(16)30-5/h8-11H,6-7,12-13H2,1-5H3,(H,23,26)(H,24,27). The van der Waals surface area contributed by atoms with Gasteiger partial charge in [0.25, 0.3) is 0 Å². The Hall–Kier alpha value is -2.36. The van der Waals surface area contributed by atoms with Gasteiger partial charge < -0.3 is 15.4 Å². The van der Waals surface area contributed by atoms with E-state index < -0.39 is 5.97 Å². The molecule has 0 aliphatic rings. The van der Waals surface area contributed by atoms with Crippen molar-refractivity contribution in [2.24, 2.45) is 0 Å². The van der Waals surface area contributed by atoms with E-state index in [1.54, 1.807) is 30.6 Å². The van der Waals surface area contributed by atoms with E-state index in [9.17, 15) is 14.4 Å². The average molecular weight is 464 g/mol. The summed E-state index contributed by atoms with van der Waals surface area (Å²) in [4.78, 5) is 40.9. The topological polar surface area (TPSA) is 87.7 Å². The highest BCUT2D eigenvalue weighted by Crippen LogP contribution is 2.34. The first-order valence-corrected chi connectivity index (χ1v) is 12.0. The summed E-state index contributed by atoms with van der Waals surface area (Å²) in [5.41, 5.74) is 2.06. The summed E-state index contributed by atoms with van der Waals surface area (Å²) in [6.07, 6.45) is 2.62. The number of amides is 2. The molecule has 1 aromatic heterocycles. The van der Waals surface area contributed by atoms with Gasteiger partial charge in [-0.05, 0) is 51.3 Å². The van der Waals surface area contributed by atoms with Crippen LogP contribution in [0.1, 0.15) is 34.6 Å². The number of anilines is 2. The predicted molar refractivity (Wildman–Crippen MR) is 127 cm³/mol. The van der Waals surface area contributed by atoms with Gasteiger partial charge in [-0.2, -0.15) is 0 Å². The first-order chi connectivity index (χ1) is 14.8. The van der Waals surface area contributed by atoms with Crippen LogP contribution >= 0.6 is 23.1 Å². The number of hydrogen-bond donors (Lipinski definition) is 2. The first kappa shape index (κ1) is 24.9. The second-order valence-corrected chi connectivity index (χ2v) is 8.96. The zero-order chi connectivity index (χ0) is 23.0. The Balaban J connectivity index is 1.99. The molecule has 0 fully saturated rings. The molecule has 2 rings (SSSR count). The summed E-state index contributed by atoms with van der Waals surface area (Å²) in [6.45, 7) is 5.97.